The van der Waals surface area contributed by atoms with Crippen LogP contribution in [0, 0.1) is 3.70 Å². The smallest absolute Gasteiger partial charge is 0.310 e. The van der Waals surface area contributed by atoms with Crippen molar-refractivity contribution in [3.63, 3.8) is 0 Å². The van der Waals surface area contributed by atoms with Gasteiger partial charge in [0.2, 0.25) is 0 Å². The van der Waals surface area contributed by atoms with E-state index in [1.165, 1.54) is 0 Å². The lowest BCUT2D eigenvalue weighted by atomic mass is 10.0. The summed E-state index contributed by atoms with van der Waals surface area (Å²) in [5, 5.41) is 0. The number of carbonyl (C=O) groups excluding carboxylic acids is 1. The number of rotatable bonds is 5. The van der Waals surface area contributed by atoms with Gasteiger partial charge in [0.15, 0.2) is 0 Å². The minimum atomic E-state index is -2.69. The summed E-state index contributed by atoms with van der Waals surface area (Å²) < 4.78 is 31.0. The van der Waals surface area contributed by atoms with Crippen LogP contribution in [0.3, 0.4) is 0 Å². The number of pyridine rings is 1. The molecule has 0 spiro atoms. The molecular formula is C11H11ClF2INO2. The Morgan fingerprint density at radius 3 is 2.72 bits per heavy atom. The average molecular weight is 390 g/mol. The van der Waals surface area contributed by atoms with Crippen LogP contribution in [0.1, 0.15) is 30.0 Å². The van der Waals surface area contributed by atoms with Crippen LogP contribution in [0.25, 0.3) is 0 Å². The van der Waals surface area contributed by atoms with E-state index in [2.05, 4.69) is 4.98 Å². The Labute approximate surface area is 122 Å². The number of halogens is 4. The van der Waals surface area contributed by atoms with E-state index in [-0.39, 0.29) is 30.0 Å². The molecule has 0 aliphatic carbocycles. The number of alkyl halides is 3. The molecule has 0 aliphatic rings. The summed E-state index contributed by atoms with van der Waals surface area (Å²) in [6.07, 6.45) is -1.83. The normalized spacial score (nSPS) is 10.8. The maximum Gasteiger partial charge on any atom is 0.310 e. The largest absolute Gasteiger partial charge is 0.466 e. The Balaban J connectivity index is 3.19. The van der Waals surface area contributed by atoms with Crippen molar-refractivity contribution in [3.05, 3.63) is 26.6 Å². The molecule has 0 bridgehead atoms. The van der Waals surface area contributed by atoms with Gasteiger partial charge in [-0.25, -0.2) is 13.8 Å². The molecule has 0 aromatic carbocycles. The molecule has 1 heterocycles. The van der Waals surface area contributed by atoms with Gasteiger partial charge in [-0.1, -0.05) is 0 Å². The molecule has 0 unspecified atom stereocenters. The van der Waals surface area contributed by atoms with Gasteiger partial charge in [-0.05, 0) is 35.1 Å². The van der Waals surface area contributed by atoms with Crippen molar-refractivity contribution >= 4 is 40.2 Å². The quantitative estimate of drug-likeness (QED) is 0.335. The zero-order chi connectivity index (χ0) is 13.7. The lowest BCUT2D eigenvalue weighted by Gasteiger charge is -2.13. The topological polar surface area (TPSA) is 39.2 Å². The molecule has 100 valence electrons. The highest BCUT2D eigenvalue weighted by molar-refractivity contribution is 14.1. The third-order valence-electron chi connectivity index (χ3n) is 2.27. The number of hydrogen-bond acceptors (Lipinski definition) is 3. The number of esters is 1. The van der Waals surface area contributed by atoms with Gasteiger partial charge >= 0.3 is 5.97 Å². The second kappa shape index (κ2) is 7.18. The fourth-order valence-electron chi connectivity index (χ4n) is 1.47. The molecule has 7 heteroatoms. The lowest BCUT2D eigenvalue weighted by Crippen LogP contribution is -2.13. The maximum absolute atomic E-state index is 12.9. The number of nitrogens with zero attached hydrogens (tertiary/aromatic N) is 1. The molecule has 18 heavy (non-hydrogen) atoms. The van der Waals surface area contributed by atoms with Crippen molar-refractivity contribution in [2.24, 2.45) is 0 Å². The summed E-state index contributed by atoms with van der Waals surface area (Å²) >= 11 is 7.63. The molecule has 0 radical (unpaired) electrons. The minimum Gasteiger partial charge on any atom is -0.466 e. The monoisotopic (exact) mass is 389 g/mol. The van der Waals surface area contributed by atoms with E-state index in [0.29, 0.717) is 9.26 Å². The number of aromatic nitrogens is 1. The highest BCUT2D eigenvalue weighted by atomic mass is 127. The van der Waals surface area contributed by atoms with Crippen LogP contribution < -0.4 is 0 Å². The Kier molecular flexibility index (Phi) is 6.20. The molecule has 0 saturated carbocycles. The molecule has 1 aromatic rings. The summed E-state index contributed by atoms with van der Waals surface area (Å²) in [4.78, 5) is 15.3. The van der Waals surface area contributed by atoms with Crippen molar-refractivity contribution in [2.45, 2.75) is 25.7 Å². The van der Waals surface area contributed by atoms with Crippen molar-refractivity contribution in [2.75, 3.05) is 6.61 Å². The fourth-order valence-corrected chi connectivity index (χ4v) is 2.64. The number of carbonyl (C=O) groups is 1. The van der Waals surface area contributed by atoms with Gasteiger partial charge in [-0.2, -0.15) is 0 Å². The molecule has 0 amide bonds. The first-order valence-corrected chi connectivity index (χ1v) is 6.78. The van der Waals surface area contributed by atoms with E-state index in [4.69, 9.17) is 16.3 Å². The zero-order valence-corrected chi connectivity index (χ0v) is 12.5. The third-order valence-corrected chi connectivity index (χ3v) is 3.47. The van der Waals surface area contributed by atoms with Crippen molar-refractivity contribution in [1.82, 2.24) is 4.98 Å². The maximum atomic E-state index is 12.9. The van der Waals surface area contributed by atoms with E-state index < -0.39 is 12.4 Å². The molecular weight excluding hydrogens is 378 g/mol. The molecule has 0 fully saturated rings. The van der Waals surface area contributed by atoms with Crippen LogP contribution >= 0.6 is 34.2 Å². The highest BCUT2D eigenvalue weighted by Gasteiger charge is 2.21. The second-order valence-electron chi connectivity index (χ2n) is 3.38. The summed E-state index contributed by atoms with van der Waals surface area (Å²) in [5.41, 5.74) is 0.417. The number of ether oxygens (including phenoxy) is 1. The van der Waals surface area contributed by atoms with E-state index in [0.717, 1.165) is 6.20 Å². The fraction of sp³-hybridized carbons (Fsp3) is 0.455. The molecule has 0 N–H and O–H groups in total. The third kappa shape index (κ3) is 3.74. The minimum absolute atomic E-state index is 0.0283. The molecule has 0 atom stereocenters. The van der Waals surface area contributed by atoms with Gasteiger partial charge in [-0.15, -0.1) is 11.6 Å². The van der Waals surface area contributed by atoms with Crippen molar-refractivity contribution in [3.8, 4) is 0 Å². The Hall–Kier alpha value is -0.500. The summed E-state index contributed by atoms with van der Waals surface area (Å²) in [7, 11) is 0. The van der Waals surface area contributed by atoms with Gasteiger partial charge in [0.05, 0.1) is 18.9 Å². The Morgan fingerprint density at radius 1 is 1.56 bits per heavy atom. The van der Waals surface area contributed by atoms with Crippen LogP contribution in [0.2, 0.25) is 0 Å². The summed E-state index contributed by atoms with van der Waals surface area (Å²) in [5.74, 6) is -0.520. The average Bonchev–Trinajstić information content (AvgIpc) is 2.29. The van der Waals surface area contributed by atoms with Crippen LogP contribution in [-0.2, 0) is 21.8 Å². The predicted molar refractivity (Wildman–Crippen MR) is 71.8 cm³/mol. The van der Waals surface area contributed by atoms with Crippen LogP contribution in [0.5, 0.6) is 0 Å². The lowest BCUT2D eigenvalue weighted by molar-refractivity contribution is -0.142. The Morgan fingerprint density at radius 2 is 2.22 bits per heavy atom. The first-order valence-electron chi connectivity index (χ1n) is 5.17. The molecule has 0 saturated heterocycles. The van der Waals surface area contributed by atoms with Gasteiger partial charge in [-0.3, -0.25) is 4.79 Å². The summed E-state index contributed by atoms with van der Waals surface area (Å²) in [6, 6.07) is 0. The predicted octanol–water partition coefficient (Wildman–Crippen LogP) is 3.47. The van der Waals surface area contributed by atoms with Crippen molar-refractivity contribution in [1.29, 1.82) is 0 Å². The summed E-state index contributed by atoms with van der Waals surface area (Å²) in [6.45, 7) is 1.87. The second-order valence-corrected chi connectivity index (χ2v) is 4.67. The standard InChI is InChI=1S/C11H11ClF2INO2/c1-2-18-9(17)3-6-7(4-12)11(15)16-5-8(6)10(13)14/h5,10H,2-4H2,1H3. The molecule has 1 rings (SSSR count). The molecule has 1 aromatic heterocycles. The van der Waals surface area contributed by atoms with Crippen molar-refractivity contribution < 1.29 is 18.3 Å². The van der Waals surface area contributed by atoms with E-state index in [1.807, 2.05) is 22.6 Å². The van der Waals surface area contributed by atoms with Gasteiger partial charge in [0.1, 0.15) is 3.70 Å². The van der Waals surface area contributed by atoms with Gasteiger partial charge in [0.25, 0.3) is 6.43 Å². The van der Waals surface area contributed by atoms with Crippen LogP contribution in [0.4, 0.5) is 8.78 Å². The SMILES string of the molecule is CCOC(=O)Cc1c(C(F)F)cnc(I)c1CCl. The first kappa shape index (κ1) is 15.6. The zero-order valence-electron chi connectivity index (χ0n) is 9.55. The van der Waals surface area contributed by atoms with E-state index in [1.54, 1.807) is 6.92 Å². The van der Waals surface area contributed by atoms with E-state index >= 15 is 0 Å². The molecule has 3 nitrogen and oxygen atoms in total. The highest BCUT2D eigenvalue weighted by Crippen LogP contribution is 2.28. The first-order chi connectivity index (χ1) is 8.51. The number of hydrogen-bond donors (Lipinski definition) is 0. The van der Waals surface area contributed by atoms with Gasteiger partial charge in [0, 0.05) is 17.3 Å². The van der Waals surface area contributed by atoms with E-state index in [9.17, 15) is 13.6 Å². The van der Waals surface area contributed by atoms with Crippen LogP contribution in [-0.4, -0.2) is 17.6 Å². The Bertz CT molecular complexity index is 443. The van der Waals surface area contributed by atoms with Crippen LogP contribution in [0.15, 0.2) is 6.20 Å². The molecule has 0 aliphatic heterocycles. The van der Waals surface area contributed by atoms with Gasteiger partial charge < -0.3 is 4.74 Å².